The summed E-state index contributed by atoms with van der Waals surface area (Å²) < 4.78 is 0. The second-order valence-electron chi connectivity index (χ2n) is 2.46. The number of rotatable bonds is 1. The summed E-state index contributed by atoms with van der Waals surface area (Å²) in [4.78, 5) is 0. The molecule has 0 aromatic heterocycles. The Balaban J connectivity index is 0. The molecule has 0 heterocycles. The summed E-state index contributed by atoms with van der Waals surface area (Å²) in [6.45, 7) is 6.25. The van der Waals surface area contributed by atoms with Crippen LogP contribution in [0.5, 0.6) is 0 Å². The molecule has 0 unspecified atom stereocenters. The average Bonchev–Trinajstić information content (AvgIpc) is 2.10. The molecule has 0 aromatic carbocycles. The second-order valence-corrected chi connectivity index (χ2v) is 2.46. The molecule has 0 nitrogen and oxygen atoms in total. The maximum atomic E-state index is 2.41. The fraction of sp³-hybridized carbons (Fsp3) is 0.818. The fourth-order valence-electron chi connectivity index (χ4n) is 1.23. The van der Waals surface area contributed by atoms with Gasteiger partial charge >= 0.3 is 0 Å². The van der Waals surface area contributed by atoms with Gasteiger partial charge in [-0.05, 0) is 32.1 Å². The molecule has 0 fully saturated rings. The summed E-state index contributed by atoms with van der Waals surface area (Å²) in [5.41, 5.74) is 1.68. The van der Waals surface area contributed by atoms with Crippen molar-refractivity contribution < 1.29 is 0 Å². The Morgan fingerprint density at radius 1 is 1.27 bits per heavy atom. The first-order chi connectivity index (χ1) is 4.93. The highest BCUT2D eigenvalue weighted by Crippen LogP contribution is 2.18. The van der Waals surface area contributed by atoms with Crippen molar-refractivity contribution in [1.82, 2.24) is 0 Å². The van der Waals surface area contributed by atoms with Gasteiger partial charge in [0, 0.05) is 0 Å². The third kappa shape index (κ3) is 6.15. The lowest BCUT2D eigenvalue weighted by atomic mass is 9.98. The molecule has 0 saturated heterocycles. The molecule has 0 atom stereocenters. The Hall–Kier alpha value is -0.260. The summed E-state index contributed by atoms with van der Waals surface area (Å²) in [7, 11) is 0. The van der Waals surface area contributed by atoms with Crippen LogP contribution in [-0.2, 0) is 0 Å². The van der Waals surface area contributed by atoms with Crippen LogP contribution in [-0.4, -0.2) is 0 Å². The van der Waals surface area contributed by atoms with Gasteiger partial charge in [0.1, 0.15) is 0 Å². The van der Waals surface area contributed by atoms with Gasteiger partial charge in [-0.25, -0.2) is 0 Å². The molecule has 0 aromatic rings. The van der Waals surface area contributed by atoms with Crippen LogP contribution in [0.25, 0.3) is 0 Å². The van der Waals surface area contributed by atoms with Crippen LogP contribution in [0.3, 0.4) is 0 Å². The lowest BCUT2D eigenvalue weighted by molar-refractivity contribution is 0.684. The van der Waals surface area contributed by atoms with E-state index in [0.717, 1.165) is 0 Å². The van der Waals surface area contributed by atoms with Gasteiger partial charge in [0.25, 0.3) is 0 Å². The zero-order valence-corrected chi connectivity index (χ0v) is 7.61. The smallest absolute Gasteiger partial charge is 0.0320 e. The SMILES string of the molecule is C.CC.CCC1=CCCCC1. The number of hydrogen-bond donors (Lipinski definition) is 0. The van der Waals surface area contributed by atoms with Crippen molar-refractivity contribution in [2.24, 2.45) is 0 Å². The molecule has 0 bridgehead atoms. The van der Waals surface area contributed by atoms with Crippen LogP contribution < -0.4 is 0 Å². The zero-order chi connectivity index (χ0) is 7.82. The molecule has 0 aliphatic heterocycles. The van der Waals surface area contributed by atoms with E-state index in [9.17, 15) is 0 Å². The van der Waals surface area contributed by atoms with Crippen LogP contribution in [0, 0.1) is 0 Å². The lowest BCUT2D eigenvalue weighted by Crippen LogP contribution is -1.88. The second kappa shape index (κ2) is 9.74. The minimum absolute atomic E-state index is 0. The average molecular weight is 156 g/mol. The van der Waals surface area contributed by atoms with E-state index in [4.69, 9.17) is 0 Å². The van der Waals surface area contributed by atoms with Gasteiger partial charge in [0.15, 0.2) is 0 Å². The molecule has 11 heavy (non-hydrogen) atoms. The molecule has 0 radical (unpaired) electrons. The zero-order valence-electron chi connectivity index (χ0n) is 7.61. The normalized spacial score (nSPS) is 15.4. The van der Waals surface area contributed by atoms with E-state index in [1.165, 1.54) is 32.1 Å². The minimum Gasteiger partial charge on any atom is -0.0853 e. The van der Waals surface area contributed by atoms with E-state index in [-0.39, 0.29) is 7.43 Å². The predicted molar refractivity (Wildman–Crippen MR) is 54.9 cm³/mol. The quantitative estimate of drug-likeness (QED) is 0.488. The van der Waals surface area contributed by atoms with Gasteiger partial charge in [0.2, 0.25) is 0 Å². The van der Waals surface area contributed by atoms with Gasteiger partial charge in [0.05, 0.1) is 0 Å². The number of allylic oxidation sites excluding steroid dienone is 2. The van der Waals surface area contributed by atoms with Crippen molar-refractivity contribution >= 4 is 0 Å². The van der Waals surface area contributed by atoms with Crippen molar-refractivity contribution in [3.05, 3.63) is 11.6 Å². The van der Waals surface area contributed by atoms with Crippen LogP contribution in [0.2, 0.25) is 0 Å². The topological polar surface area (TPSA) is 0 Å². The molecule has 0 amide bonds. The van der Waals surface area contributed by atoms with E-state index in [1.807, 2.05) is 13.8 Å². The largest absolute Gasteiger partial charge is 0.0853 e. The Morgan fingerprint density at radius 2 is 1.91 bits per heavy atom. The monoisotopic (exact) mass is 156 g/mol. The molecule has 0 heteroatoms. The highest BCUT2D eigenvalue weighted by Gasteiger charge is 1.98. The van der Waals surface area contributed by atoms with Gasteiger partial charge in [-0.15, -0.1) is 0 Å². The Labute approximate surface area is 72.7 Å². The summed E-state index contributed by atoms with van der Waals surface area (Å²) in [6, 6.07) is 0. The van der Waals surface area contributed by atoms with Gasteiger partial charge in [-0.3, -0.25) is 0 Å². The predicted octanol–water partition coefficient (Wildman–Crippen LogP) is 4.56. The highest BCUT2D eigenvalue weighted by atomic mass is 14.0. The van der Waals surface area contributed by atoms with E-state index < -0.39 is 0 Å². The van der Waals surface area contributed by atoms with E-state index in [0.29, 0.717) is 0 Å². The van der Waals surface area contributed by atoms with E-state index >= 15 is 0 Å². The fourth-order valence-corrected chi connectivity index (χ4v) is 1.23. The first kappa shape index (κ1) is 13.3. The summed E-state index contributed by atoms with van der Waals surface area (Å²) >= 11 is 0. The maximum absolute atomic E-state index is 2.41. The van der Waals surface area contributed by atoms with Crippen LogP contribution in [0.4, 0.5) is 0 Å². The molecule has 0 spiro atoms. The molecular weight excluding hydrogens is 132 g/mol. The molecule has 68 valence electrons. The van der Waals surface area contributed by atoms with Gasteiger partial charge in [-0.1, -0.05) is 39.8 Å². The molecular formula is C11H24. The number of hydrogen-bond acceptors (Lipinski definition) is 0. The van der Waals surface area contributed by atoms with Crippen LogP contribution >= 0.6 is 0 Å². The van der Waals surface area contributed by atoms with Crippen molar-refractivity contribution in [2.75, 3.05) is 0 Å². The van der Waals surface area contributed by atoms with Crippen molar-refractivity contribution in [1.29, 1.82) is 0 Å². The highest BCUT2D eigenvalue weighted by molar-refractivity contribution is 5.03. The standard InChI is InChI=1S/C8H14.C2H6.CH4/c1-2-8-6-4-3-5-7-8;1-2;/h6H,2-5,7H2,1H3;1-2H3;1H4. The first-order valence-electron chi connectivity index (χ1n) is 4.61. The minimum atomic E-state index is 0. The molecule has 1 aliphatic carbocycles. The van der Waals surface area contributed by atoms with E-state index in [1.54, 1.807) is 5.57 Å². The van der Waals surface area contributed by atoms with Gasteiger partial charge < -0.3 is 0 Å². The summed E-state index contributed by atoms with van der Waals surface area (Å²) in [6.07, 6.45) is 9.24. The summed E-state index contributed by atoms with van der Waals surface area (Å²) in [5, 5.41) is 0. The third-order valence-electron chi connectivity index (χ3n) is 1.84. The van der Waals surface area contributed by atoms with Crippen molar-refractivity contribution in [2.45, 2.75) is 60.3 Å². The Morgan fingerprint density at radius 3 is 2.18 bits per heavy atom. The lowest BCUT2D eigenvalue weighted by Gasteiger charge is -2.08. The van der Waals surface area contributed by atoms with Crippen molar-refractivity contribution in [3.8, 4) is 0 Å². The van der Waals surface area contributed by atoms with Crippen molar-refractivity contribution in [3.63, 3.8) is 0 Å². The molecule has 0 N–H and O–H groups in total. The first-order valence-corrected chi connectivity index (χ1v) is 4.61. The maximum Gasteiger partial charge on any atom is -0.0320 e. The van der Waals surface area contributed by atoms with Gasteiger partial charge in [-0.2, -0.15) is 0 Å². The Kier molecular flexibility index (Phi) is 11.8. The molecule has 1 aliphatic rings. The Bertz CT molecular complexity index is 90.2. The molecule has 1 rings (SSSR count). The third-order valence-corrected chi connectivity index (χ3v) is 1.84. The van der Waals surface area contributed by atoms with E-state index in [2.05, 4.69) is 13.0 Å². The van der Waals surface area contributed by atoms with Crippen LogP contribution in [0.1, 0.15) is 60.3 Å². The summed E-state index contributed by atoms with van der Waals surface area (Å²) in [5.74, 6) is 0. The molecule has 0 saturated carbocycles. The van der Waals surface area contributed by atoms with Crippen LogP contribution in [0.15, 0.2) is 11.6 Å².